The molecule has 0 saturated heterocycles. The molecule has 0 unspecified atom stereocenters. The minimum atomic E-state index is -0.724. The van der Waals surface area contributed by atoms with Gasteiger partial charge < -0.3 is 10.1 Å². The summed E-state index contributed by atoms with van der Waals surface area (Å²) in [5.41, 5.74) is 4.33. The molecule has 10 nitrogen and oxygen atoms in total. The topological polar surface area (TPSA) is 132 Å². The van der Waals surface area contributed by atoms with Gasteiger partial charge in [0.1, 0.15) is 5.69 Å². The first-order chi connectivity index (χ1) is 9.95. The van der Waals surface area contributed by atoms with E-state index >= 15 is 0 Å². The van der Waals surface area contributed by atoms with Crippen molar-refractivity contribution < 1.29 is 14.6 Å². The third-order valence-corrected chi connectivity index (χ3v) is 2.54. The molecular formula is C10H13N5O5S. The number of rotatable bonds is 7. The molecule has 0 heterocycles. The lowest BCUT2D eigenvalue weighted by Crippen LogP contribution is -2.40. The first kappa shape index (κ1) is 16.5. The zero-order valence-electron chi connectivity index (χ0n) is 11.0. The maximum Gasteiger partial charge on any atom is 0.300 e. The first-order valence-electron chi connectivity index (χ1n) is 5.67. The van der Waals surface area contributed by atoms with Crippen LogP contribution in [0.4, 0.5) is 17.1 Å². The van der Waals surface area contributed by atoms with Crippen molar-refractivity contribution >= 4 is 34.4 Å². The second kappa shape index (κ2) is 7.91. The van der Waals surface area contributed by atoms with Gasteiger partial charge in [-0.1, -0.05) is 0 Å². The van der Waals surface area contributed by atoms with Crippen molar-refractivity contribution in [2.45, 2.75) is 0 Å². The van der Waals surface area contributed by atoms with Gasteiger partial charge in [0.2, 0.25) is 0 Å². The number of nitrogens with zero attached hydrogens (tertiary/aromatic N) is 2. The molecule has 0 aliphatic carbocycles. The van der Waals surface area contributed by atoms with Crippen LogP contribution in [-0.2, 0) is 4.74 Å². The van der Waals surface area contributed by atoms with Crippen LogP contribution in [0, 0.1) is 20.2 Å². The predicted octanol–water partition coefficient (Wildman–Crippen LogP) is 0.940. The number of anilines is 1. The molecule has 0 fully saturated rings. The molecule has 0 spiro atoms. The third-order valence-electron chi connectivity index (χ3n) is 2.29. The van der Waals surface area contributed by atoms with Gasteiger partial charge in [-0.15, -0.1) is 0 Å². The number of methoxy groups -OCH3 is 1. The van der Waals surface area contributed by atoms with Crippen molar-refractivity contribution in [1.82, 2.24) is 10.7 Å². The second-order valence-electron chi connectivity index (χ2n) is 3.71. The Balaban J connectivity index is 2.72. The average molecular weight is 315 g/mol. The van der Waals surface area contributed by atoms with Crippen LogP contribution in [0.15, 0.2) is 18.2 Å². The highest BCUT2D eigenvalue weighted by Gasteiger charge is 2.19. The maximum absolute atomic E-state index is 10.9. The third kappa shape index (κ3) is 5.16. The fourth-order valence-corrected chi connectivity index (χ4v) is 1.48. The molecule has 0 bridgehead atoms. The SMILES string of the molecule is COCCNC(=S)NNc1ccc([N+](=O)[O-])cc1[N+](=O)[O-]. The first-order valence-corrected chi connectivity index (χ1v) is 6.08. The normalized spacial score (nSPS) is 9.76. The number of non-ortho nitro benzene ring substituents is 1. The molecule has 1 aromatic carbocycles. The molecule has 0 amide bonds. The number of nitro groups is 2. The lowest BCUT2D eigenvalue weighted by molar-refractivity contribution is -0.393. The fourth-order valence-electron chi connectivity index (χ4n) is 1.33. The number of thiocarbonyl (C=S) groups is 1. The van der Waals surface area contributed by atoms with Crippen molar-refractivity contribution in [3.8, 4) is 0 Å². The quantitative estimate of drug-likeness (QED) is 0.291. The van der Waals surface area contributed by atoms with Gasteiger partial charge in [0.05, 0.1) is 22.5 Å². The molecule has 0 radical (unpaired) electrons. The van der Waals surface area contributed by atoms with Crippen molar-refractivity contribution in [3.05, 3.63) is 38.4 Å². The Morgan fingerprint density at radius 1 is 1.33 bits per heavy atom. The lowest BCUT2D eigenvalue weighted by Gasteiger charge is -2.12. The minimum absolute atomic E-state index is 0.0569. The van der Waals surface area contributed by atoms with Crippen LogP contribution in [0.5, 0.6) is 0 Å². The molecule has 0 aliphatic heterocycles. The van der Waals surface area contributed by atoms with Gasteiger partial charge in [-0.05, 0) is 18.3 Å². The van der Waals surface area contributed by atoms with Crippen LogP contribution in [0.3, 0.4) is 0 Å². The second-order valence-corrected chi connectivity index (χ2v) is 4.12. The number of nitro benzene ring substituents is 2. The van der Waals surface area contributed by atoms with Crippen LogP contribution in [0.1, 0.15) is 0 Å². The monoisotopic (exact) mass is 315 g/mol. The molecule has 1 aromatic rings. The molecule has 0 aromatic heterocycles. The van der Waals surface area contributed by atoms with Gasteiger partial charge in [-0.3, -0.25) is 31.1 Å². The zero-order valence-corrected chi connectivity index (χ0v) is 11.8. The van der Waals surface area contributed by atoms with E-state index in [1.807, 2.05) is 0 Å². The average Bonchev–Trinajstić information content (AvgIpc) is 2.45. The molecule has 0 atom stereocenters. The van der Waals surface area contributed by atoms with E-state index < -0.39 is 15.5 Å². The lowest BCUT2D eigenvalue weighted by atomic mass is 10.2. The van der Waals surface area contributed by atoms with E-state index in [0.29, 0.717) is 13.2 Å². The highest BCUT2D eigenvalue weighted by molar-refractivity contribution is 7.80. The minimum Gasteiger partial charge on any atom is -0.383 e. The predicted molar refractivity (Wildman–Crippen MR) is 79.0 cm³/mol. The van der Waals surface area contributed by atoms with E-state index in [-0.39, 0.29) is 16.5 Å². The summed E-state index contributed by atoms with van der Waals surface area (Å²) in [5.74, 6) is 0. The van der Waals surface area contributed by atoms with Gasteiger partial charge in [0.15, 0.2) is 5.11 Å². The molecule has 0 aliphatic rings. The van der Waals surface area contributed by atoms with Gasteiger partial charge in [-0.25, -0.2) is 0 Å². The number of hydrogen-bond donors (Lipinski definition) is 3. The summed E-state index contributed by atoms with van der Waals surface area (Å²) in [4.78, 5) is 20.1. The summed E-state index contributed by atoms with van der Waals surface area (Å²) < 4.78 is 4.82. The fraction of sp³-hybridized carbons (Fsp3) is 0.300. The van der Waals surface area contributed by atoms with Gasteiger partial charge in [-0.2, -0.15) is 0 Å². The largest absolute Gasteiger partial charge is 0.383 e. The van der Waals surface area contributed by atoms with E-state index in [4.69, 9.17) is 17.0 Å². The maximum atomic E-state index is 10.9. The van der Waals surface area contributed by atoms with Gasteiger partial charge in [0.25, 0.3) is 5.69 Å². The van der Waals surface area contributed by atoms with Crippen LogP contribution in [0.2, 0.25) is 0 Å². The molecule has 1 rings (SSSR count). The molecule has 3 N–H and O–H groups in total. The van der Waals surface area contributed by atoms with Crippen LogP contribution < -0.4 is 16.2 Å². The summed E-state index contributed by atoms with van der Waals surface area (Å²) in [5, 5.41) is 24.5. The van der Waals surface area contributed by atoms with Crippen LogP contribution >= 0.6 is 12.2 Å². The molecule has 21 heavy (non-hydrogen) atoms. The number of ether oxygens (including phenoxy) is 1. The Kier molecular flexibility index (Phi) is 6.23. The van der Waals surface area contributed by atoms with Crippen molar-refractivity contribution in [3.63, 3.8) is 0 Å². The zero-order chi connectivity index (χ0) is 15.8. The van der Waals surface area contributed by atoms with E-state index in [0.717, 1.165) is 12.1 Å². The summed E-state index contributed by atoms with van der Waals surface area (Å²) >= 11 is 4.92. The Labute approximate surface area is 124 Å². The summed E-state index contributed by atoms with van der Waals surface area (Å²) in [6.07, 6.45) is 0. The van der Waals surface area contributed by atoms with E-state index in [1.54, 1.807) is 0 Å². The van der Waals surface area contributed by atoms with E-state index in [1.165, 1.54) is 13.2 Å². The summed E-state index contributed by atoms with van der Waals surface area (Å²) in [6, 6.07) is 3.24. The molecular weight excluding hydrogens is 302 g/mol. The Morgan fingerprint density at radius 2 is 2.05 bits per heavy atom. The molecule has 0 saturated carbocycles. The summed E-state index contributed by atoms with van der Waals surface area (Å²) in [6.45, 7) is 0.909. The Bertz CT molecular complexity index is 553. The van der Waals surface area contributed by atoms with E-state index in [2.05, 4.69) is 16.2 Å². The van der Waals surface area contributed by atoms with Gasteiger partial charge in [0, 0.05) is 19.7 Å². The molecule has 11 heteroatoms. The number of nitrogens with one attached hydrogen (secondary N) is 3. The van der Waals surface area contributed by atoms with Crippen LogP contribution in [0.25, 0.3) is 0 Å². The number of hydrazine groups is 1. The Morgan fingerprint density at radius 3 is 2.62 bits per heavy atom. The number of benzene rings is 1. The smallest absolute Gasteiger partial charge is 0.300 e. The molecule has 114 valence electrons. The Hall–Kier alpha value is -2.53. The van der Waals surface area contributed by atoms with Gasteiger partial charge >= 0.3 is 5.69 Å². The highest BCUT2D eigenvalue weighted by atomic mass is 32.1. The number of hydrogen-bond acceptors (Lipinski definition) is 7. The standard InChI is InChI=1S/C10H13N5O5S/c1-20-5-4-11-10(21)13-12-8-3-2-7(14(16)17)6-9(8)15(18)19/h2-3,6,12H,4-5H2,1H3,(H2,11,13,21). The van der Waals surface area contributed by atoms with Crippen molar-refractivity contribution in [2.75, 3.05) is 25.7 Å². The highest BCUT2D eigenvalue weighted by Crippen LogP contribution is 2.28. The van der Waals surface area contributed by atoms with Crippen molar-refractivity contribution in [2.24, 2.45) is 0 Å². The van der Waals surface area contributed by atoms with E-state index in [9.17, 15) is 20.2 Å². The summed E-state index contributed by atoms with van der Waals surface area (Å²) in [7, 11) is 1.54. The van der Waals surface area contributed by atoms with Crippen molar-refractivity contribution in [1.29, 1.82) is 0 Å². The van der Waals surface area contributed by atoms with Crippen LogP contribution in [-0.4, -0.2) is 35.2 Å².